The number of aromatic nitrogens is 4. The predicted molar refractivity (Wildman–Crippen MR) is 107 cm³/mol. The number of hydrogen-bond acceptors (Lipinski definition) is 4. The van der Waals surface area contributed by atoms with Crippen LogP contribution in [0.1, 0.15) is 12.5 Å². The summed E-state index contributed by atoms with van der Waals surface area (Å²) in [4.78, 5) is 32.4. The summed E-state index contributed by atoms with van der Waals surface area (Å²) in [5.74, 6) is 1.04. The average Bonchev–Trinajstić information content (AvgIpc) is 3.03. The number of rotatable bonds is 3. The maximum Gasteiger partial charge on any atom is 0.332 e. The molecule has 0 spiro atoms. The Kier molecular flexibility index (Phi) is 4.02. The first-order chi connectivity index (χ1) is 12.9. The van der Waals surface area contributed by atoms with Crippen LogP contribution in [0.5, 0.6) is 0 Å². The minimum Gasteiger partial charge on any atom is -0.312 e. The Labute approximate surface area is 156 Å². The molecule has 2 aromatic heterocycles. The van der Waals surface area contributed by atoms with Gasteiger partial charge in [-0.05, 0) is 25.0 Å². The van der Waals surface area contributed by atoms with Crippen LogP contribution >= 0.6 is 0 Å². The van der Waals surface area contributed by atoms with E-state index in [1.54, 1.807) is 13.1 Å². The first-order valence-corrected chi connectivity index (χ1v) is 9.07. The summed E-state index contributed by atoms with van der Waals surface area (Å²) in [7, 11) is 1.66. The van der Waals surface area contributed by atoms with E-state index in [0.717, 1.165) is 12.2 Å². The van der Waals surface area contributed by atoms with Crippen molar-refractivity contribution < 1.29 is 0 Å². The summed E-state index contributed by atoms with van der Waals surface area (Å²) >= 11 is 0. The van der Waals surface area contributed by atoms with Crippen molar-refractivity contribution in [2.75, 3.05) is 11.4 Å². The molecule has 3 aromatic rings. The van der Waals surface area contributed by atoms with Gasteiger partial charge in [-0.15, -0.1) is 6.58 Å². The van der Waals surface area contributed by atoms with E-state index in [1.807, 2.05) is 4.57 Å². The number of allylic oxidation sites excluding steroid dienone is 1. The molecule has 7 nitrogen and oxygen atoms in total. The molecule has 0 fully saturated rings. The van der Waals surface area contributed by atoms with Crippen LogP contribution in [-0.4, -0.2) is 25.2 Å². The van der Waals surface area contributed by atoms with Crippen LogP contribution in [0.15, 0.2) is 46.5 Å². The second-order valence-electron chi connectivity index (χ2n) is 7.29. The minimum atomic E-state index is -0.377. The lowest BCUT2D eigenvalue weighted by Gasteiger charge is -2.33. The van der Waals surface area contributed by atoms with Crippen molar-refractivity contribution in [1.29, 1.82) is 0 Å². The van der Waals surface area contributed by atoms with Crippen molar-refractivity contribution in [2.24, 2.45) is 13.0 Å². The molecule has 140 valence electrons. The average molecular weight is 365 g/mol. The first kappa shape index (κ1) is 17.3. The zero-order valence-corrected chi connectivity index (χ0v) is 15.8. The van der Waals surface area contributed by atoms with Gasteiger partial charge >= 0.3 is 5.69 Å². The van der Waals surface area contributed by atoms with E-state index in [4.69, 9.17) is 4.98 Å². The number of hydrogen-bond donors (Lipinski definition) is 0. The van der Waals surface area contributed by atoms with E-state index < -0.39 is 0 Å². The maximum atomic E-state index is 13.0. The lowest BCUT2D eigenvalue weighted by molar-refractivity contribution is 0.458. The summed E-state index contributed by atoms with van der Waals surface area (Å²) < 4.78 is 4.61. The van der Waals surface area contributed by atoms with Gasteiger partial charge in [0.2, 0.25) is 5.95 Å². The number of nitrogens with zero attached hydrogens (tertiary/aromatic N) is 5. The molecule has 0 saturated carbocycles. The molecule has 1 aliphatic rings. The van der Waals surface area contributed by atoms with Gasteiger partial charge in [-0.3, -0.25) is 13.9 Å². The third-order valence-electron chi connectivity index (χ3n) is 5.10. The number of imidazole rings is 1. The van der Waals surface area contributed by atoms with Crippen LogP contribution < -0.4 is 16.1 Å². The van der Waals surface area contributed by atoms with Crippen LogP contribution in [0.2, 0.25) is 0 Å². The summed E-state index contributed by atoms with van der Waals surface area (Å²) in [6, 6.07) is 8.25. The third kappa shape index (κ3) is 2.61. The van der Waals surface area contributed by atoms with Crippen LogP contribution in [0, 0.1) is 12.8 Å². The molecule has 1 atom stereocenters. The van der Waals surface area contributed by atoms with E-state index in [1.165, 1.54) is 14.7 Å². The Morgan fingerprint density at radius 3 is 2.59 bits per heavy atom. The predicted octanol–water partition coefficient (Wildman–Crippen LogP) is 2.18. The molecule has 3 heterocycles. The molecular formula is C20H23N5O2. The van der Waals surface area contributed by atoms with E-state index >= 15 is 0 Å². The minimum absolute atomic E-state index is 0.180. The van der Waals surface area contributed by atoms with Gasteiger partial charge in [-0.25, -0.2) is 4.79 Å². The Morgan fingerprint density at radius 1 is 1.22 bits per heavy atom. The highest BCUT2D eigenvalue weighted by Crippen LogP contribution is 2.32. The Balaban J connectivity index is 2.02. The summed E-state index contributed by atoms with van der Waals surface area (Å²) in [5, 5.41) is 0. The van der Waals surface area contributed by atoms with Gasteiger partial charge in [0.1, 0.15) is 0 Å². The number of anilines is 2. The molecule has 0 radical (unpaired) electrons. The Morgan fingerprint density at radius 2 is 1.93 bits per heavy atom. The van der Waals surface area contributed by atoms with Crippen molar-refractivity contribution in [3.8, 4) is 0 Å². The summed E-state index contributed by atoms with van der Waals surface area (Å²) in [6.07, 6.45) is 1.56. The molecule has 27 heavy (non-hydrogen) atoms. The molecule has 0 saturated heterocycles. The Bertz CT molecular complexity index is 1150. The highest BCUT2D eigenvalue weighted by atomic mass is 16.2. The highest BCUT2D eigenvalue weighted by Gasteiger charge is 2.29. The largest absolute Gasteiger partial charge is 0.332 e. The van der Waals surface area contributed by atoms with Crippen LogP contribution in [-0.2, 0) is 20.1 Å². The van der Waals surface area contributed by atoms with Crippen LogP contribution in [0.3, 0.4) is 0 Å². The van der Waals surface area contributed by atoms with E-state index in [0.29, 0.717) is 29.6 Å². The van der Waals surface area contributed by atoms with Gasteiger partial charge in [-0.2, -0.15) is 4.98 Å². The van der Waals surface area contributed by atoms with E-state index in [9.17, 15) is 9.59 Å². The van der Waals surface area contributed by atoms with Crippen LogP contribution in [0.4, 0.5) is 11.6 Å². The SMILES string of the molecule is C=CCn1c(=O)c2c(nc3n2C[C@@H](C)CN3c2ccc(C)cc2)n(C)c1=O. The van der Waals surface area contributed by atoms with Gasteiger partial charge < -0.3 is 9.47 Å². The van der Waals surface area contributed by atoms with Gasteiger partial charge in [0.05, 0.1) is 0 Å². The molecule has 0 aliphatic carbocycles. The summed E-state index contributed by atoms with van der Waals surface area (Å²) in [5.41, 5.74) is 2.42. The third-order valence-corrected chi connectivity index (χ3v) is 5.10. The van der Waals surface area contributed by atoms with Crippen molar-refractivity contribution in [2.45, 2.75) is 26.9 Å². The smallest absolute Gasteiger partial charge is 0.312 e. The number of benzene rings is 1. The molecule has 0 N–H and O–H groups in total. The topological polar surface area (TPSA) is 65.1 Å². The van der Waals surface area contributed by atoms with Crippen LogP contribution in [0.25, 0.3) is 11.2 Å². The zero-order chi connectivity index (χ0) is 19.3. The lowest BCUT2D eigenvalue weighted by atomic mass is 10.1. The second-order valence-corrected chi connectivity index (χ2v) is 7.29. The van der Waals surface area contributed by atoms with Crippen molar-refractivity contribution in [1.82, 2.24) is 18.7 Å². The van der Waals surface area contributed by atoms with Crippen molar-refractivity contribution >= 4 is 22.8 Å². The Hall–Kier alpha value is -3.09. The quantitative estimate of drug-likeness (QED) is 0.668. The normalized spacial score (nSPS) is 16.6. The monoisotopic (exact) mass is 365 g/mol. The van der Waals surface area contributed by atoms with Gasteiger partial charge in [0, 0.05) is 32.4 Å². The second kappa shape index (κ2) is 6.26. The van der Waals surface area contributed by atoms with Gasteiger partial charge in [-0.1, -0.05) is 30.7 Å². The highest BCUT2D eigenvalue weighted by molar-refractivity contribution is 5.77. The van der Waals surface area contributed by atoms with Crippen molar-refractivity contribution in [3.63, 3.8) is 0 Å². The van der Waals surface area contributed by atoms with Crippen molar-refractivity contribution in [3.05, 3.63) is 63.3 Å². The summed E-state index contributed by atoms with van der Waals surface area (Å²) in [6.45, 7) is 9.54. The number of aryl methyl sites for hydroxylation is 2. The molecule has 4 rings (SSSR count). The van der Waals surface area contributed by atoms with Gasteiger partial charge in [0.15, 0.2) is 11.2 Å². The fourth-order valence-corrected chi connectivity index (χ4v) is 3.74. The molecule has 1 aliphatic heterocycles. The maximum absolute atomic E-state index is 13.0. The fourth-order valence-electron chi connectivity index (χ4n) is 3.74. The molecular weight excluding hydrogens is 342 g/mol. The number of fused-ring (bicyclic) bond motifs is 3. The molecule has 0 unspecified atom stereocenters. The molecule has 0 amide bonds. The van der Waals surface area contributed by atoms with E-state index in [-0.39, 0.29) is 17.8 Å². The van der Waals surface area contributed by atoms with Gasteiger partial charge in [0.25, 0.3) is 5.56 Å². The lowest BCUT2D eigenvalue weighted by Crippen LogP contribution is -2.40. The van der Waals surface area contributed by atoms with E-state index in [2.05, 4.69) is 49.6 Å². The zero-order valence-electron chi connectivity index (χ0n) is 15.8. The molecule has 7 heteroatoms. The fraction of sp³-hybridized carbons (Fsp3) is 0.350. The molecule has 1 aromatic carbocycles. The molecule has 0 bridgehead atoms. The standard InChI is InChI=1S/C20H23N5O2/c1-5-10-23-18(26)16-17(22(4)20(23)27)21-19-24(11-14(3)12-25(16)19)15-8-6-13(2)7-9-15/h5-9,14H,1,10-12H2,2-4H3/t14-/m0/s1. The first-order valence-electron chi connectivity index (χ1n) is 9.07.